The summed E-state index contributed by atoms with van der Waals surface area (Å²) < 4.78 is 1.60. The summed E-state index contributed by atoms with van der Waals surface area (Å²) in [6, 6.07) is 14.3. The van der Waals surface area contributed by atoms with Crippen LogP contribution >= 0.6 is 11.6 Å². The number of rotatable bonds is 6. The van der Waals surface area contributed by atoms with Crippen molar-refractivity contribution in [3.8, 4) is 0 Å². The number of nitrogens with zero attached hydrogens (tertiary/aromatic N) is 3. The zero-order valence-electron chi connectivity index (χ0n) is 16.3. The van der Waals surface area contributed by atoms with E-state index in [4.69, 9.17) is 11.6 Å². The Labute approximate surface area is 173 Å². The molecule has 1 aromatic heterocycles. The van der Waals surface area contributed by atoms with Gasteiger partial charge in [-0.2, -0.15) is 5.10 Å². The molecule has 2 aromatic carbocycles. The van der Waals surface area contributed by atoms with Crippen LogP contribution in [0.1, 0.15) is 45.8 Å². The van der Waals surface area contributed by atoms with Crippen LogP contribution in [-0.2, 0) is 6.54 Å². The van der Waals surface area contributed by atoms with Crippen molar-refractivity contribution >= 4 is 23.2 Å². The minimum Gasteiger partial charge on any atom is -0.346 e. The van der Waals surface area contributed by atoms with E-state index in [1.807, 2.05) is 31.2 Å². The molecule has 1 amide bonds. The highest BCUT2D eigenvalue weighted by molar-refractivity contribution is 6.30. The van der Waals surface area contributed by atoms with Gasteiger partial charge in [0.15, 0.2) is 0 Å². The number of aromatic nitrogens is 2. The maximum Gasteiger partial charge on any atom is 0.312 e. The molecular weight excluding hydrogens is 392 g/mol. The lowest BCUT2D eigenvalue weighted by Crippen LogP contribution is -2.26. The first-order valence-corrected chi connectivity index (χ1v) is 9.47. The topological polar surface area (TPSA) is 90.1 Å². The highest BCUT2D eigenvalue weighted by Gasteiger charge is 2.21. The van der Waals surface area contributed by atoms with Gasteiger partial charge in [0.2, 0.25) is 0 Å². The van der Waals surface area contributed by atoms with Gasteiger partial charge < -0.3 is 5.32 Å². The van der Waals surface area contributed by atoms with Gasteiger partial charge in [-0.3, -0.25) is 19.6 Å². The molecular formula is C21H21ClN4O3. The van der Waals surface area contributed by atoms with E-state index in [1.165, 1.54) is 0 Å². The zero-order valence-corrected chi connectivity index (χ0v) is 17.1. The fourth-order valence-corrected chi connectivity index (χ4v) is 3.28. The maximum absolute atomic E-state index is 12.5. The van der Waals surface area contributed by atoms with E-state index < -0.39 is 4.92 Å². The number of carbonyl (C=O) groups excluding carboxylic acids is 1. The third-order valence-electron chi connectivity index (χ3n) is 4.79. The van der Waals surface area contributed by atoms with Crippen LogP contribution in [-0.4, -0.2) is 20.6 Å². The standard InChI is InChI=1S/C21H21ClN4O3/c1-13(17-8-10-19(22)11-9-17)23-21(27)18-6-4-16(5-7-18)12-25-15(3)20(26(28)29)14(2)24-25/h4-11,13H,12H2,1-3H3,(H,23,27). The number of hydrogen-bond acceptors (Lipinski definition) is 4. The van der Waals surface area contributed by atoms with Crippen LogP contribution < -0.4 is 5.32 Å². The average molecular weight is 413 g/mol. The van der Waals surface area contributed by atoms with Gasteiger partial charge in [0.1, 0.15) is 11.4 Å². The summed E-state index contributed by atoms with van der Waals surface area (Å²) in [4.78, 5) is 23.2. The van der Waals surface area contributed by atoms with E-state index in [2.05, 4.69) is 10.4 Å². The van der Waals surface area contributed by atoms with E-state index in [-0.39, 0.29) is 17.6 Å². The van der Waals surface area contributed by atoms with E-state index in [9.17, 15) is 14.9 Å². The van der Waals surface area contributed by atoms with Crippen molar-refractivity contribution in [1.82, 2.24) is 15.1 Å². The Morgan fingerprint density at radius 1 is 1.17 bits per heavy atom. The molecule has 0 radical (unpaired) electrons. The SMILES string of the molecule is Cc1nn(Cc2ccc(C(=O)NC(C)c3ccc(Cl)cc3)cc2)c(C)c1[N+](=O)[O-]. The summed E-state index contributed by atoms with van der Waals surface area (Å²) in [5.74, 6) is -0.180. The Balaban J connectivity index is 1.68. The lowest BCUT2D eigenvalue weighted by atomic mass is 10.1. The minimum atomic E-state index is -0.413. The molecule has 0 aliphatic heterocycles. The normalized spacial score (nSPS) is 11.9. The van der Waals surface area contributed by atoms with Crippen LogP contribution in [0.3, 0.4) is 0 Å². The molecule has 0 aliphatic rings. The van der Waals surface area contributed by atoms with Crippen LogP contribution in [0.15, 0.2) is 48.5 Å². The Kier molecular flexibility index (Phi) is 5.98. The molecule has 0 saturated heterocycles. The van der Waals surface area contributed by atoms with Gasteiger partial charge >= 0.3 is 5.69 Å². The first-order chi connectivity index (χ1) is 13.8. The number of amides is 1. The summed E-state index contributed by atoms with van der Waals surface area (Å²) >= 11 is 5.90. The monoisotopic (exact) mass is 412 g/mol. The Bertz CT molecular complexity index is 1040. The Morgan fingerprint density at radius 2 is 1.79 bits per heavy atom. The number of hydrogen-bond donors (Lipinski definition) is 1. The number of halogens is 1. The average Bonchev–Trinajstić information content (AvgIpc) is 2.96. The largest absolute Gasteiger partial charge is 0.346 e. The summed E-state index contributed by atoms with van der Waals surface area (Å²) in [7, 11) is 0. The molecule has 1 heterocycles. The van der Waals surface area contributed by atoms with Gasteiger partial charge in [-0.25, -0.2) is 0 Å². The number of nitro groups is 1. The fourth-order valence-electron chi connectivity index (χ4n) is 3.15. The van der Waals surface area contributed by atoms with Crippen molar-refractivity contribution in [1.29, 1.82) is 0 Å². The van der Waals surface area contributed by atoms with Crippen LogP contribution in [0.4, 0.5) is 5.69 Å². The van der Waals surface area contributed by atoms with Crippen LogP contribution in [0.2, 0.25) is 5.02 Å². The third-order valence-corrected chi connectivity index (χ3v) is 5.04. The quantitative estimate of drug-likeness (QED) is 0.473. The summed E-state index contributed by atoms with van der Waals surface area (Å²) in [6.45, 7) is 5.60. The number of aryl methyl sites for hydroxylation is 1. The van der Waals surface area contributed by atoms with E-state index >= 15 is 0 Å². The molecule has 0 saturated carbocycles. The van der Waals surface area contributed by atoms with Gasteiger partial charge in [0.25, 0.3) is 5.91 Å². The Hall–Kier alpha value is -3.19. The number of nitrogens with one attached hydrogen (secondary N) is 1. The first kappa shape index (κ1) is 20.5. The smallest absolute Gasteiger partial charge is 0.312 e. The molecule has 0 aliphatic carbocycles. The molecule has 1 atom stereocenters. The molecule has 0 fully saturated rings. The molecule has 0 bridgehead atoms. The lowest BCUT2D eigenvalue weighted by Gasteiger charge is -2.14. The van der Waals surface area contributed by atoms with E-state index in [0.29, 0.717) is 28.5 Å². The van der Waals surface area contributed by atoms with Crippen LogP contribution in [0, 0.1) is 24.0 Å². The molecule has 1 unspecified atom stereocenters. The highest BCUT2D eigenvalue weighted by Crippen LogP contribution is 2.23. The highest BCUT2D eigenvalue weighted by atomic mass is 35.5. The molecule has 150 valence electrons. The van der Waals surface area contributed by atoms with Crippen molar-refractivity contribution in [3.05, 3.63) is 91.7 Å². The summed E-state index contributed by atoms with van der Waals surface area (Å²) in [5.41, 5.74) is 3.33. The first-order valence-electron chi connectivity index (χ1n) is 9.10. The molecule has 29 heavy (non-hydrogen) atoms. The molecule has 8 heteroatoms. The second-order valence-electron chi connectivity index (χ2n) is 6.88. The fraction of sp³-hybridized carbons (Fsp3) is 0.238. The molecule has 3 rings (SSSR count). The second kappa shape index (κ2) is 8.45. The van der Waals surface area contributed by atoms with Crippen LogP contribution in [0.25, 0.3) is 0 Å². The van der Waals surface area contributed by atoms with Crippen molar-refractivity contribution < 1.29 is 9.72 Å². The van der Waals surface area contributed by atoms with Crippen molar-refractivity contribution in [2.24, 2.45) is 0 Å². The van der Waals surface area contributed by atoms with Crippen molar-refractivity contribution in [2.75, 3.05) is 0 Å². The predicted octanol–water partition coefficient (Wildman–Crippen LogP) is 4.60. The second-order valence-corrected chi connectivity index (χ2v) is 7.31. The van der Waals surface area contributed by atoms with Gasteiger partial charge in [-0.1, -0.05) is 35.9 Å². The lowest BCUT2D eigenvalue weighted by molar-refractivity contribution is -0.386. The van der Waals surface area contributed by atoms with Gasteiger partial charge in [-0.15, -0.1) is 0 Å². The summed E-state index contributed by atoms with van der Waals surface area (Å²) in [5, 5.41) is 19.0. The molecule has 0 spiro atoms. The van der Waals surface area contributed by atoms with Crippen molar-refractivity contribution in [3.63, 3.8) is 0 Å². The van der Waals surface area contributed by atoms with E-state index in [1.54, 1.807) is 42.8 Å². The molecule has 3 aromatic rings. The Morgan fingerprint density at radius 3 is 2.34 bits per heavy atom. The van der Waals surface area contributed by atoms with Gasteiger partial charge in [-0.05, 0) is 56.2 Å². The van der Waals surface area contributed by atoms with Crippen molar-refractivity contribution in [2.45, 2.75) is 33.4 Å². The summed E-state index contributed by atoms with van der Waals surface area (Å²) in [6.07, 6.45) is 0. The zero-order chi connectivity index (χ0) is 21.1. The van der Waals surface area contributed by atoms with Crippen LogP contribution in [0.5, 0.6) is 0 Å². The predicted molar refractivity (Wildman–Crippen MR) is 111 cm³/mol. The van der Waals surface area contributed by atoms with Gasteiger partial charge in [0, 0.05) is 10.6 Å². The minimum absolute atomic E-state index is 0.0391. The molecule has 1 N–H and O–H groups in total. The van der Waals surface area contributed by atoms with Gasteiger partial charge in [0.05, 0.1) is 17.5 Å². The number of benzene rings is 2. The third kappa shape index (κ3) is 4.63. The van der Waals surface area contributed by atoms with E-state index in [0.717, 1.165) is 11.1 Å². The number of carbonyl (C=O) groups is 1. The maximum atomic E-state index is 12.5. The molecule has 7 nitrogen and oxygen atoms in total.